The van der Waals surface area contributed by atoms with Gasteiger partial charge in [-0.1, -0.05) is 6.58 Å². The number of hydrogen-bond donors (Lipinski definition) is 1. The SMILES string of the molecule is C=C(C)c1cnc2ccc(NCC3CCCN3C(=O)OC(C)C)nn12. The first kappa shape index (κ1) is 17.3. The molecule has 134 valence electrons. The third kappa shape index (κ3) is 3.75. The molecule has 1 unspecified atom stereocenters. The number of imidazole rings is 1. The number of likely N-dealkylation sites (tertiary alicyclic amines) is 1. The largest absolute Gasteiger partial charge is 0.447 e. The van der Waals surface area contributed by atoms with Crippen LogP contribution in [-0.2, 0) is 4.74 Å². The molecule has 3 rings (SSSR count). The van der Waals surface area contributed by atoms with Crippen LogP contribution in [0, 0.1) is 0 Å². The first-order valence-electron chi connectivity index (χ1n) is 8.67. The van der Waals surface area contributed by atoms with Crippen LogP contribution >= 0.6 is 0 Å². The molecule has 1 aliphatic rings. The lowest BCUT2D eigenvalue weighted by Crippen LogP contribution is -2.40. The van der Waals surface area contributed by atoms with Gasteiger partial charge in [-0.05, 0) is 51.3 Å². The van der Waals surface area contributed by atoms with E-state index >= 15 is 0 Å². The topological polar surface area (TPSA) is 71.8 Å². The molecule has 7 nitrogen and oxygen atoms in total. The molecule has 3 heterocycles. The molecule has 2 aromatic rings. The number of allylic oxidation sites excluding steroid dienone is 1. The predicted molar refractivity (Wildman–Crippen MR) is 97.5 cm³/mol. The van der Waals surface area contributed by atoms with Gasteiger partial charge in [-0.3, -0.25) is 0 Å². The molecule has 2 aromatic heterocycles. The Kier molecular flexibility index (Phi) is 4.92. The van der Waals surface area contributed by atoms with Crippen molar-refractivity contribution in [3.63, 3.8) is 0 Å². The summed E-state index contributed by atoms with van der Waals surface area (Å²) in [7, 11) is 0. The number of ether oxygens (including phenoxy) is 1. The first-order chi connectivity index (χ1) is 12.0. The van der Waals surface area contributed by atoms with Gasteiger partial charge in [-0.2, -0.15) is 0 Å². The Morgan fingerprint density at radius 1 is 1.48 bits per heavy atom. The zero-order valence-electron chi connectivity index (χ0n) is 15.0. The summed E-state index contributed by atoms with van der Waals surface area (Å²) in [4.78, 5) is 18.3. The highest BCUT2D eigenvalue weighted by Gasteiger charge is 2.30. The maximum atomic E-state index is 12.2. The Morgan fingerprint density at radius 3 is 3.00 bits per heavy atom. The van der Waals surface area contributed by atoms with Crippen LogP contribution in [0.5, 0.6) is 0 Å². The quantitative estimate of drug-likeness (QED) is 0.903. The lowest BCUT2D eigenvalue weighted by Gasteiger charge is -2.25. The van der Waals surface area contributed by atoms with Crippen molar-refractivity contribution in [2.75, 3.05) is 18.4 Å². The highest BCUT2D eigenvalue weighted by atomic mass is 16.6. The summed E-state index contributed by atoms with van der Waals surface area (Å²) in [5.41, 5.74) is 2.59. The van der Waals surface area contributed by atoms with Crippen LogP contribution in [0.25, 0.3) is 11.2 Å². The minimum atomic E-state index is -0.234. The van der Waals surface area contributed by atoms with E-state index in [1.54, 1.807) is 10.7 Å². The van der Waals surface area contributed by atoms with Crippen molar-refractivity contribution >= 4 is 23.1 Å². The number of aromatic nitrogens is 3. The summed E-state index contributed by atoms with van der Waals surface area (Å²) in [5.74, 6) is 0.747. The molecular weight excluding hydrogens is 318 g/mol. The summed E-state index contributed by atoms with van der Waals surface area (Å²) >= 11 is 0. The number of amides is 1. The standard InChI is InChI=1S/C18H25N5O2/c1-12(2)15-11-20-17-8-7-16(21-23(15)17)19-10-14-6-5-9-22(14)18(24)25-13(3)4/h7-8,11,13-14H,1,5-6,9-10H2,2-4H3,(H,19,21). The van der Waals surface area contributed by atoms with Crippen LogP contribution in [-0.4, -0.2) is 50.8 Å². The molecule has 1 fully saturated rings. The van der Waals surface area contributed by atoms with E-state index < -0.39 is 0 Å². The predicted octanol–water partition coefficient (Wildman–Crippen LogP) is 3.18. The van der Waals surface area contributed by atoms with Crippen LogP contribution in [0.3, 0.4) is 0 Å². The maximum Gasteiger partial charge on any atom is 0.410 e. The fourth-order valence-electron chi connectivity index (χ4n) is 3.04. The second-order valence-electron chi connectivity index (χ2n) is 6.72. The number of nitrogens with one attached hydrogen (secondary N) is 1. The molecule has 1 saturated heterocycles. The van der Waals surface area contributed by atoms with Crippen LogP contribution in [0.2, 0.25) is 0 Å². The molecule has 1 amide bonds. The maximum absolute atomic E-state index is 12.2. The summed E-state index contributed by atoms with van der Waals surface area (Å²) < 4.78 is 7.11. The Morgan fingerprint density at radius 2 is 2.28 bits per heavy atom. The van der Waals surface area contributed by atoms with Gasteiger partial charge in [-0.25, -0.2) is 14.3 Å². The molecule has 0 spiro atoms. The molecule has 0 aliphatic carbocycles. The van der Waals surface area contributed by atoms with E-state index in [4.69, 9.17) is 4.74 Å². The summed E-state index contributed by atoms with van der Waals surface area (Å²) in [6.07, 6.45) is 3.39. The Labute approximate surface area is 147 Å². The lowest BCUT2D eigenvalue weighted by atomic mass is 10.2. The van der Waals surface area contributed by atoms with Crippen molar-refractivity contribution in [3.05, 3.63) is 30.6 Å². The smallest absolute Gasteiger partial charge is 0.410 e. The molecular formula is C18H25N5O2. The van der Waals surface area contributed by atoms with Crippen molar-refractivity contribution in [1.82, 2.24) is 19.5 Å². The third-order valence-corrected chi connectivity index (χ3v) is 4.27. The number of fused-ring (bicyclic) bond motifs is 1. The van der Waals surface area contributed by atoms with Gasteiger partial charge in [0.25, 0.3) is 0 Å². The Hall–Kier alpha value is -2.57. The number of nitrogens with zero attached hydrogens (tertiary/aromatic N) is 4. The number of anilines is 1. The number of rotatable bonds is 5. The fourth-order valence-corrected chi connectivity index (χ4v) is 3.04. The van der Waals surface area contributed by atoms with E-state index in [1.807, 2.05) is 37.8 Å². The van der Waals surface area contributed by atoms with Crippen molar-refractivity contribution in [1.29, 1.82) is 0 Å². The molecule has 1 atom stereocenters. The lowest BCUT2D eigenvalue weighted by molar-refractivity contribution is 0.0746. The van der Waals surface area contributed by atoms with Crippen molar-refractivity contribution in [2.45, 2.75) is 45.8 Å². The van der Waals surface area contributed by atoms with Crippen LogP contribution in [0.4, 0.5) is 10.6 Å². The van der Waals surface area contributed by atoms with E-state index in [1.165, 1.54) is 0 Å². The Balaban J connectivity index is 1.68. The first-order valence-corrected chi connectivity index (χ1v) is 8.67. The van der Waals surface area contributed by atoms with Gasteiger partial charge < -0.3 is 15.0 Å². The molecule has 1 N–H and O–H groups in total. The van der Waals surface area contributed by atoms with Crippen LogP contribution in [0.15, 0.2) is 24.9 Å². The van der Waals surface area contributed by atoms with Crippen molar-refractivity contribution < 1.29 is 9.53 Å². The van der Waals surface area contributed by atoms with Gasteiger partial charge in [0.2, 0.25) is 0 Å². The van der Waals surface area contributed by atoms with Gasteiger partial charge in [0.15, 0.2) is 5.65 Å². The highest BCUT2D eigenvalue weighted by Crippen LogP contribution is 2.20. The van der Waals surface area contributed by atoms with Gasteiger partial charge in [-0.15, -0.1) is 5.10 Å². The normalized spacial score (nSPS) is 17.3. The average Bonchev–Trinajstić information content (AvgIpc) is 3.18. The minimum absolute atomic E-state index is 0.104. The third-order valence-electron chi connectivity index (χ3n) is 4.27. The van der Waals surface area contributed by atoms with Gasteiger partial charge in [0.05, 0.1) is 24.0 Å². The summed E-state index contributed by atoms with van der Waals surface area (Å²) in [6, 6.07) is 3.93. The zero-order valence-corrected chi connectivity index (χ0v) is 15.0. The second kappa shape index (κ2) is 7.13. The van der Waals surface area contributed by atoms with Crippen LogP contribution < -0.4 is 5.32 Å². The van der Waals surface area contributed by atoms with Crippen molar-refractivity contribution in [2.24, 2.45) is 0 Å². The van der Waals surface area contributed by atoms with E-state index in [2.05, 4.69) is 22.0 Å². The molecule has 0 saturated carbocycles. The van der Waals surface area contributed by atoms with Crippen LogP contribution in [0.1, 0.15) is 39.3 Å². The molecule has 0 radical (unpaired) electrons. The zero-order chi connectivity index (χ0) is 18.0. The summed E-state index contributed by atoms with van der Waals surface area (Å²) in [5, 5.41) is 7.92. The van der Waals surface area contributed by atoms with E-state index in [0.29, 0.717) is 6.54 Å². The van der Waals surface area contributed by atoms with Gasteiger partial charge >= 0.3 is 6.09 Å². The van der Waals surface area contributed by atoms with Gasteiger partial charge in [0.1, 0.15) is 5.82 Å². The Bertz CT molecular complexity index is 783. The highest BCUT2D eigenvalue weighted by molar-refractivity contribution is 5.68. The molecule has 0 aromatic carbocycles. The summed E-state index contributed by atoms with van der Waals surface area (Å²) in [6.45, 7) is 11.0. The number of hydrogen-bond acceptors (Lipinski definition) is 5. The van der Waals surface area contributed by atoms with Gasteiger partial charge in [0, 0.05) is 13.1 Å². The molecule has 7 heteroatoms. The molecule has 0 bridgehead atoms. The minimum Gasteiger partial charge on any atom is -0.447 e. The average molecular weight is 343 g/mol. The van der Waals surface area contributed by atoms with E-state index in [0.717, 1.165) is 42.1 Å². The van der Waals surface area contributed by atoms with Crippen molar-refractivity contribution in [3.8, 4) is 0 Å². The second-order valence-corrected chi connectivity index (χ2v) is 6.72. The fraction of sp³-hybridized carbons (Fsp3) is 0.500. The van der Waals surface area contributed by atoms with E-state index in [-0.39, 0.29) is 18.2 Å². The molecule has 1 aliphatic heterocycles. The van der Waals surface area contributed by atoms with E-state index in [9.17, 15) is 4.79 Å². The molecule has 25 heavy (non-hydrogen) atoms. The number of carbonyl (C=O) groups excluding carboxylic acids is 1. The monoisotopic (exact) mass is 343 g/mol. The number of carbonyl (C=O) groups is 1.